The van der Waals surface area contributed by atoms with Crippen LogP contribution in [0.5, 0.6) is 0 Å². The molecule has 17 heavy (non-hydrogen) atoms. The molecule has 0 rings (SSSR count). The van der Waals surface area contributed by atoms with Gasteiger partial charge < -0.3 is 20.5 Å². The van der Waals surface area contributed by atoms with E-state index >= 15 is 0 Å². The van der Waals surface area contributed by atoms with E-state index in [0.29, 0.717) is 26.4 Å². The molecule has 1 amide bonds. The van der Waals surface area contributed by atoms with Crippen LogP contribution in [-0.4, -0.2) is 45.4 Å². The third kappa shape index (κ3) is 8.12. The first-order valence-electron chi connectivity index (χ1n) is 5.99. The maximum atomic E-state index is 11.6. The lowest BCUT2D eigenvalue weighted by Gasteiger charge is -2.25. The number of ether oxygens (including phenoxy) is 2. The molecule has 0 aliphatic rings. The van der Waals surface area contributed by atoms with Gasteiger partial charge in [-0.3, -0.25) is 4.79 Å². The Morgan fingerprint density at radius 3 is 2.47 bits per heavy atom. The molecule has 5 heteroatoms. The smallest absolute Gasteiger partial charge is 0.237 e. The lowest BCUT2D eigenvalue weighted by atomic mass is 9.87. The summed E-state index contributed by atoms with van der Waals surface area (Å²) in [7, 11) is 1.64. The van der Waals surface area contributed by atoms with E-state index in [1.54, 1.807) is 7.11 Å². The van der Waals surface area contributed by atoms with Crippen LogP contribution in [-0.2, 0) is 14.3 Å². The van der Waals surface area contributed by atoms with Crippen LogP contribution in [0.2, 0.25) is 0 Å². The van der Waals surface area contributed by atoms with Crippen molar-refractivity contribution in [2.45, 2.75) is 33.2 Å². The van der Waals surface area contributed by atoms with Gasteiger partial charge in [0, 0.05) is 20.3 Å². The van der Waals surface area contributed by atoms with Gasteiger partial charge in [-0.05, 0) is 11.8 Å². The van der Waals surface area contributed by atoms with Crippen molar-refractivity contribution >= 4 is 5.91 Å². The van der Waals surface area contributed by atoms with Crippen molar-refractivity contribution in [1.29, 1.82) is 0 Å². The van der Waals surface area contributed by atoms with Gasteiger partial charge in [0.15, 0.2) is 0 Å². The second kappa shape index (κ2) is 8.44. The number of amides is 1. The van der Waals surface area contributed by atoms with Crippen LogP contribution in [0.4, 0.5) is 0 Å². The highest BCUT2D eigenvalue weighted by Gasteiger charge is 2.26. The summed E-state index contributed by atoms with van der Waals surface area (Å²) in [4.78, 5) is 11.6. The van der Waals surface area contributed by atoms with Gasteiger partial charge >= 0.3 is 0 Å². The van der Waals surface area contributed by atoms with Crippen LogP contribution in [0.3, 0.4) is 0 Å². The SMILES string of the molecule is COCCOCCCNC(=O)[C@@H](N)C(C)(C)C. The Hall–Kier alpha value is -0.650. The number of carbonyl (C=O) groups is 1. The van der Waals surface area contributed by atoms with Crippen LogP contribution in [0.15, 0.2) is 0 Å². The summed E-state index contributed by atoms with van der Waals surface area (Å²) in [5.74, 6) is -0.102. The van der Waals surface area contributed by atoms with Gasteiger partial charge in [0.2, 0.25) is 5.91 Å². The van der Waals surface area contributed by atoms with Gasteiger partial charge in [-0.25, -0.2) is 0 Å². The first kappa shape index (κ1) is 16.4. The number of hydrogen-bond acceptors (Lipinski definition) is 4. The van der Waals surface area contributed by atoms with Crippen molar-refractivity contribution in [2.24, 2.45) is 11.1 Å². The van der Waals surface area contributed by atoms with E-state index in [4.69, 9.17) is 15.2 Å². The molecule has 0 fully saturated rings. The standard InChI is InChI=1S/C12H26N2O3/c1-12(2,3)10(13)11(15)14-6-5-7-17-9-8-16-4/h10H,5-9,13H2,1-4H3,(H,14,15)/t10-/m1/s1. The van der Waals surface area contributed by atoms with Gasteiger partial charge in [0.1, 0.15) is 0 Å². The largest absolute Gasteiger partial charge is 0.382 e. The Bertz CT molecular complexity index is 214. The normalized spacial score (nSPS) is 13.5. The molecular weight excluding hydrogens is 220 g/mol. The quantitative estimate of drug-likeness (QED) is 0.613. The van der Waals surface area contributed by atoms with Gasteiger partial charge in [-0.1, -0.05) is 20.8 Å². The molecule has 5 nitrogen and oxygen atoms in total. The molecule has 0 aromatic heterocycles. The predicted octanol–water partition coefficient (Wildman–Crippen LogP) is 0.529. The van der Waals surface area contributed by atoms with Gasteiger partial charge in [0.05, 0.1) is 19.3 Å². The minimum atomic E-state index is -0.475. The zero-order chi connectivity index (χ0) is 13.3. The Kier molecular flexibility index (Phi) is 8.12. The fraction of sp³-hybridized carbons (Fsp3) is 0.917. The van der Waals surface area contributed by atoms with Crippen molar-refractivity contribution in [3.63, 3.8) is 0 Å². The summed E-state index contributed by atoms with van der Waals surface area (Å²) < 4.78 is 10.1. The number of rotatable bonds is 8. The van der Waals surface area contributed by atoms with E-state index in [9.17, 15) is 4.79 Å². The summed E-state index contributed by atoms with van der Waals surface area (Å²) >= 11 is 0. The molecule has 0 heterocycles. The molecule has 0 saturated heterocycles. The Morgan fingerprint density at radius 2 is 1.94 bits per heavy atom. The number of nitrogens with one attached hydrogen (secondary N) is 1. The minimum Gasteiger partial charge on any atom is -0.382 e. The molecule has 1 atom stereocenters. The first-order valence-corrected chi connectivity index (χ1v) is 5.99. The first-order chi connectivity index (χ1) is 7.89. The molecule has 0 spiro atoms. The van der Waals surface area contributed by atoms with Crippen molar-refractivity contribution in [2.75, 3.05) is 33.5 Å². The number of carbonyl (C=O) groups excluding carboxylic acids is 1. The van der Waals surface area contributed by atoms with E-state index in [2.05, 4.69) is 5.32 Å². The molecule has 0 aliphatic carbocycles. The van der Waals surface area contributed by atoms with Crippen LogP contribution in [0, 0.1) is 5.41 Å². The van der Waals surface area contributed by atoms with Gasteiger partial charge in [-0.2, -0.15) is 0 Å². The zero-order valence-corrected chi connectivity index (χ0v) is 11.4. The monoisotopic (exact) mass is 246 g/mol. The van der Waals surface area contributed by atoms with E-state index in [1.807, 2.05) is 20.8 Å². The molecule has 0 saturated carbocycles. The van der Waals surface area contributed by atoms with Gasteiger partial charge in [0.25, 0.3) is 0 Å². The molecule has 0 radical (unpaired) electrons. The molecule has 0 aromatic carbocycles. The highest BCUT2D eigenvalue weighted by atomic mass is 16.5. The minimum absolute atomic E-state index is 0.102. The summed E-state index contributed by atoms with van der Waals surface area (Å²) in [5, 5.41) is 2.80. The van der Waals surface area contributed by atoms with Crippen molar-refractivity contribution < 1.29 is 14.3 Å². The third-order valence-electron chi connectivity index (χ3n) is 2.41. The molecular formula is C12H26N2O3. The summed E-state index contributed by atoms with van der Waals surface area (Å²) in [6, 6.07) is -0.475. The highest BCUT2D eigenvalue weighted by molar-refractivity contribution is 5.82. The maximum Gasteiger partial charge on any atom is 0.237 e. The maximum absolute atomic E-state index is 11.6. The molecule has 3 N–H and O–H groups in total. The highest BCUT2D eigenvalue weighted by Crippen LogP contribution is 2.16. The second-order valence-corrected chi connectivity index (χ2v) is 5.09. The molecule has 102 valence electrons. The molecule has 0 aliphatic heterocycles. The molecule has 0 bridgehead atoms. The topological polar surface area (TPSA) is 73.6 Å². The van der Waals surface area contributed by atoms with E-state index in [-0.39, 0.29) is 11.3 Å². The molecule has 0 unspecified atom stereocenters. The number of nitrogens with two attached hydrogens (primary N) is 1. The summed E-state index contributed by atoms with van der Waals surface area (Å²) in [5.41, 5.74) is 5.61. The number of hydrogen-bond donors (Lipinski definition) is 2. The zero-order valence-electron chi connectivity index (χ0n) is 11.4. The number of methoxy groups -OCH3 is 1. The van der Waals surface area contributed by atoms with Gasteiger partial charge in [-0.15, -0.1) is 0 Å². The van der Waals surface area contributed by atoms with Crippen molar-refractivity contribution in [1.82, 2.24) is 5.32 Å². The van der Waals surface area contributed by atoms with Crippen molar-refractivity contribution in [3.05, 3.63) is 0 Å². The lowest BCUT2D eigenvalue weighted by Crippen LogP contribution is -2.48. The van der Waals surface area contributed by atoms with Crippen LogP contribution >= 0.6 is 0 Å². The Labute approximate surface area is 104 Å². The fourth-order valence-corrected chi connectivity index (χ4v) is 1.13. The average Bonchev–Trinajstić information content (AvgIpc) is 2.25. The van der Waals surface area contributed by atoms with E-state index in [0.717, 1.165) is 6.42 Å². The average molecular weight is 246 g/mol. The van der Waals surface area contributed by atoms with Crippen molar-refractivity contribution in [3.8, 4) is 0 Å². The third-order valence-corrected chi connectivity index (χ3v) is 2.41. The Balaban J connectivity index is 3.52. The fourth-order valence-electron chi connectivity index (χ4n) is 1.13. The summed E-state index contributed by atoms with van der Waals surface area (Å²) in [6.45, 7) is 8.25. The predicted molar refractivity (Wildman–Crippen MR) is 67.8 cm³/mol. The van der Waals surface area contributed by atoms with E-state index < -0.39 is 6.04 Å². The summed E-state index contributed by atoms with van der Waals surface area (Å²) in [6.07, 6.45) is 0.784. The molecule has 0 aromatic rings. The van der Waals surface area contributed by atoms with Crippen LogP contribution < -0.4 is 11.1 Å². The van der Waals surface area contributed by atoms with E-state index in [1.165, 1.54) is 0 Å². The van der Waals surface area contributed by atoms with Crippen LogP contribution in [0.1, 0.15) is 27.2 Å². The lowest BCUT2D eigenvalue weighted by molar-refractivity contribution is -0.124. The van der Waals surface area contributed by atoms with Crippen LogP contribution in [0.25, 0.3) is 0 Å². The second-order valence-electron chi connectivity index (χ2n) is 5.09. The Morgan fingerprint density at radius 1 is 1.29 bits per heavy atom.